The molecule has 0 unspecified atom stereocenters. The highest BCUT2D eigenvalue weighted by Crippen LogP contribution is 2.25. The molecule has 1 fully saturated rings. The highest BCUT2D eigenvalue weighted by molar-refractivity contribution is 4.79. The summed E-state index contributed by atoms with van der Waals surface area (Å²) in [6.07, 6.45) is 1.26. The molecule has 1 heterocycles. The van der Waals surface area contributed by atoms with Crippen molar-refractivity contribution in [2.75, 3.05) is 20.3 Å². The van der Waals surface area contributed by atoms with E-state index < -0.39 is 0 Å². The van der Waals surface area contributed by atoms with Crippen LogP contribution < -0.4 is 0 Å². The predicted octanol–water partition coefficient (Wildman–Crippen LogP) is 0.419. The molecule has 0 aliphatic carbocycles. The highest BCUT2D eigenvalue weighted by atomic mass is 16.5. The Morgan fingerprint density at radius 2 is 2.36 bits per heavy atom. The topological polar surface area (TPSA) is 38.7 Å². The van der Waals surface area contributed by atoms with Crippen LogP contribution in [0, 0.1) is 5.92 Å². The van der Waals surface area contributed by atoms with E-state index in [0.29, 0.717) is 12.5 Å². The summed E-state index contributed by atoms with van der Waals surface area (Å²) in [5.74, 6) is 0.375. The minimum atomic E-state index is -0.00931. The first-order chi connectivity index (χ1) is 5.27. The molecule has 0 amide bonds. The summed E-state index contributed by atoms with van der Waals surface area (Å²) < 4.78 is 10.5. The Bertz CT molecular complexity index is 116. The monoisotopic (exact) mass is 160 g/mol. The Balaban J connectivity index is 2.37. The van der Waals surface area contributed by atoms with Crippen LogP contribution in [0.5, 0.6) is 0 Å². The smallest absolute Gasteiger partial charge is 0.0860 e. The van der Waals surface area contributed by atoms with Crippen molar-refractivity contribution in [2.45, 2.75) is 25.6 Å². The lowest BCUT2D eigenvalue weighted by molar-refractivity contribution is -0.00509. The van der Waals surface area contributed by atoms with Gasteiger partial charge in [-0.15, -0.1) is 0 Å². The van der Waals surface area contributed by atoms with Gasteiger partial charge in [0.1, 0.15) is 0 Å². The summed E-state index contributed by atoms with van der Waals surface area (Å²) in [5, 5.41) is 8.90. The minimum Gasteiger partial charge on any atom is -0.394 e. The van der Waals surface area contributed by atoms with Gasteiger partial charge < -0.3 is 14.6 Å². The molecule has 3 heteroatoms. The first-order valence-electron chi connectivity index (χ1n) is 4.03. The molecule has 0 spiro atoms. The van der Waals surface area contributed by atoms with Crippen molar-refractivity contribution in [3.05, 3.63) is 0 Å². The number of hydrogen-bond acceptors (Lipinski definition) is 3. The minimum absolute atomic E-state index is 0.00931. The second kappa shape index (κ2) is 4.04. The summed E-state index contributed by atoms with van der Waals surface area (Å²) in [5.41, 5.74) is 0. The lowest BCUT2D eigenvalue weighted by Crippen LogP contribution is -2.23. The van der Waals surface area contributed by atoms with Crippen molar-refractivity contribution in [1.82, 2.24) is 0 Å². The van der Waals surface area contributed by atoms with Crippen LogP contribution in [0.15, 0.2) is 0 Å². The largest absolute Gasteiger partial charge is 0.394 e. The van der Waals surface area contributed by atoms with Crippen molar-refractivity contribution >= 4 is 0 Å². The fourth-order valence-corrected chi connectivity index (χ4v) is 1.62. The van der Waals surface area contributed by atoms with Gasteiger partial charge in [0.05, 0.1) is 25.4 Å². The second-order valence-electron chi connectivity index (χ2n) is 3.12. The van der Waals surface area contributed by atoms with Gasteiger partial charge in [0.15, 0.2) is 0 Å². The average Bonchev–Trinajstić information content (AvgIpc) is 2.32. The summed E-state index contributed by atoms with van der Waals surface area (Å²) in [6.45, 7) is 2.83. The first-order valence-corrected chi connectivity index (χ1v) is 4.03. The maximum absolute atomic E-state index is 8.90. The molecule has 0 aromatic carbocycles. The molecule has 3 atom stereocenters. The number of methoxy groups -OCH3 is 1. The molecule has 0 bridgehead atoms. The summed E-state index contributed by atoms with van der Waals surface area (Å²) in [7, 11) is 1.68. The van der Waals surface area contributed by atoms with Gasteiger partial charge in [0.2, 0.25) is 0 Å². The standard InChI is InChI=1S/C8H16O3/c1-6-3-7(5-10-2)8(4-9)11-6/h6-9H,3-5H2,1-2H3/t6-,7-,8-/m1/s1. The molecule has 1 rings (SSSR count). The second-order valence-corrected chi connectivity index (χ2v) is 3.12. The quantitative estimate of drug-likeness (QED) is 0.650. The van der Waals surface area contributed by atoms with Gasteiger partial charge in [-0.3, -0.25) is 0 Å². The molecule has 66 valence electrons. The fraction of sp³-hybridized carbons (Fsp3) is 1.00. The van der Waals surface area contributed by atoms with Crippen molar-refractivity contribution < 1.29 is 14.6 Å². The van der Waals surface area contributed by atoms with Gasteiger partial charge in [-0.1, -0.05) is 0 Å². The van der Waals surface area contributed by atoms with E-state index in [1.807, 2.05) is 6.92 Å². The van der Waals surface area contributed by atoms with Gasteiger partial charge in [-0.2, -0.15) is 0 Å². The van der Waals surface area contributed by atoms with Crippen LogP contribution in [0.25, 0.3) is 0 Å². The lowest BCUT2D eigenvalue weighted by atomic mass is 10.0. The molecular formula is C8H16O3. The van der Waals surface area contributed by atoms with Crippen molar-refractivity contribution in [1.29, 1.82) is 0 Å². The third kappa shape index (κ3) is 2.15. The van der Waals surface area contributed by atoms with E-state index in [2.05, 4.69) is 0 Å². The maximum atomic E-state index is 8.90. The Morgan fingerprint density at radius 3 is 2.91 bits per heavy atom. The van der Waals surface area contributed by atoms with Crippen molar-refractivity contribution in [3.8, 4) is 0 Å². The zero-order valence-corrected chi connectivity index (χ0v) is 7.12. The SMILES string of the molecule is COC[C@H]1C[C@@H](C)O[C@@H]1CO. The number of ether oxygens (including phenoxy) is 2. The van der Waals surface area contributed by atoms with Gasteiger partial charge in [-0.05, 0) is 13.3 Å². The number of hydrogen-bond donors (Lipinski definition) is 1. The third-order valence-corrected chi connectivity index (χ3v) is 2.13. The number of aliphatic hydroxyl groups is 1. The van der Waals surface area contributed by atoms with Crippen LogP contribution in [-0.2, 0) is 9.47 Å². The van der Waals surface area contributed by atoms with E-state index in [0.717, 1.165) is 6.42 Å². The zero-order valence-electron chi connectivity index (χ0n) is 7.12. The lowest BCUT2D eigenvalue weighted by Gasteiger charge is -2.14. The van der Waals surface area contributed by atoms with Crippen LogP contribution in [0.4, 0.5) is 0 Å². The molecule has 1 N–H and O–H groups in total. The van der Waals surface area contributed by atoms with E-state index in [4.69, 9.17) is 14.6 Å². The van der Waals surface area contributed by atoms with Gasteiger partial charge in [0, 0.05) is 13.0 Å². The maximum Gasteiger partial charge on any atom is 0.0860 e. The predicted molar refractivity (Wildman–Crippen MR) is 41.4 cm³/mol. The van der Waals surface area contributed by atoms with Crippen molar-refractivity contribution in [2.24, 2.45) is 5.92 Å². The van der Waals surface area contributed by atoms with E-state index in [1.54, 1.807) is 7.11 Å². The summed E-state index contributed by atoms with van der Waals surface area (Å²) in [6, 6.07) is 0. The molecule has 1 aliphatic rings. The molecule has 3 nitrogen and oxygen atoms in total. The van der Waals surface area contributed by atoms with Gasteiger partial charge in [0.25, 0.3) is 0 Å². The zero-order chi connectivity index (χ0) is 8.27. The van der Waals surface area contributed by atoms with Crippen LogP contribution in [0.1, 0.15) is 13.3 Å². The van der Waals surface area contributed by atoms with Crippen LogP contribution >= 0.6 is 0 Å². The van der Waals surface area contributed by atoms with Gasteiger partial charge >= 0.3 is 0 Å². The Kier molecular flexibility index (Phi) is 3.30. The first kappa shape index (κ1) is 8.97. The Morgan fingerprint density at radius 1 is 1.64 bits per heavy atom. The Hall–Kier alpha value is -0.120. The van der Waals surface area contributed by atoms with E-state index in [-0.39, 0.29) is 18.8 Å². The summed E-state index contributed by atoms with van der Waals surface area (Å²) in [4.78, 5) is 0. The normalized spacial score (nSPS) is 37.9. The third-order valence-electron chi connectivity index (χ3n) is 2.13. The molecule has 11 heavy (non-hydrogen) atoms. The molecule has 0 aromatic rings. The molecule has 0 aromatic heterocycles. The molecule has 1 saturated heterocycles. The molecule has 0 radical (unpaired) electrons. The number of rotatable bonds is 3. The average molecular weight is 160 g/mol. The number of aliphatic hydroxyl groups excluding tert-OH is 1. The van der Waals surface area contributed by atoms with Gasteiger partial charge in [-0.25, -0.2) is 0 Å². The molecule has 1 aliphatic heterocycles. The fourth-order valence-electron chi connectivity index (χ4n) is 1.62. The molecule has 0 saturated carbocycles. The van der Waals surface area contributed by atoms with E-state index in [1.165, 1.54) is 0 Å². The molecular weight excluding hydrogens is 144 g/mol. The van der Waals surface area contributed by atoms with Crippen LogP contribution in [-0.4, -0.2) is 37.6 Å². The van der Waals surface area contributed by atoms with E-state index >= 15 is 0 Å². The summed E-state index contributed by atoms with van der Waals surface area (Å²) >= 11 is 0. The van der Waals surface area contributed by atoms with Crippen molar-refractivity contribution in [3.63, 3.8) is 0 Å². The van der Waals surface area contributed by atoms with Crippen LogP contribution in [0.2, 0.25) is 0 Å². The van der Waals surface area contributed by atoms with E-state index in [9.17, 15) is 0 Å². The highest BCUT2D eigenvalue weighted by Gasteiger charge is 2.31. The van der Waals surface area contributed by atoms with Crippen LogP contribution in [0.3, 0.4) is 0 Å². The Labute approximate surface area is 67.3 Å².